The number of hydrogen-bond acceptors (Lipinski definition) is 4. The number of carbonyl (C=O) groups is 2. The number of ether oxygens (including phenoxy) is 2. The highest BCUT2D eigenvalue weighted by Crippen LogP contribution is 2.72. The molecule has 3 aliphatic rings. The molecule has 24 heavy (non-hydrogen) atoms. The number of halogens is 1. The fourth-order valence-corrected chi connectivity index (χ4v) is 6.19. The van der Waals surface area contributed by atoms with Gasteiger partial charge in [0.15, 0.2) is 17.3 Å². The van der Waals surface area contributed by atoms with E-state index in [2.05, 4.69) is 21.2 Å². The van der Waals surface area contributed by atoms with Crippen molar-refractivity contribution in [3.05, 3.63) is 18.2 Å². The number of rotatable bonds is 2. The second-order valence-electron chi connectivity index (χ2n) is 7.68. The Morgan fingerprint density at radius 3 is 2.58 bits per heavy atom. The van der Waals surface area contributed by atoms with Gasteiger partial charge in [0.1, 0.15) is 0 Å². The van der Waals surface area contributed by atoms with Crippen LogP contribution in [-0.4, -0.2) is 23.3 Å². The molecule has 2 aliphatic carbocycles. The first-order valence-electron chi connectivity index (χ1n) is 8.13. The van der Waals surface area contributed by atoms with Gasteiger partial charge in [-0.2, -0.15) is 0 Å². The lowest BCUT2D eigenvalue weighted by Gasteiger charge is -2.39. The zero-order chi connectivity index (χ0) is 17.3. The van der Waals surface area contributed by atoms with E-state index >= 15 is 0 Å². The van der Waals surface area contributed by atoms with Gasteiger partial charge in [0.2, 0.25) is 12.7 Å². The molecule has 0 aromatic heterocycles. The summed E-state index contributed by atoms with van der Waals surface area (Å²) < 4.78 is 10.7. The van der Waals surface area contributed by atoms with Gasteiger partial charge in [-0.1, -0.05) is 36.7 Å². The number of anilines is 1. The Morgan fingerprint density at radius 2 is 1.92 bits per heavy atom. The monoisotopic (exact) mass is 393 g/mol. The molecule has 1 aromatic rings. The zero-order valence-corrected chi connectivity index (χ0v) is 15.5. The molecule has 2 fully saturated rings. The summed E-state index contributed by atoms with van der Waals surface area (Å²) >= 11 is 3.54. The fraction of sp³-hybridized carbons (Fsp3) is 0.556. The van der Waals surface area contributed by atoms with Gasteiger partial charge in [-0.3, -0.25) is 9.59 Å². The Labute approximate surface area is 149 Å². The van der Waals surface area contributed by atoms with Crippen molar-refractivity contribution in [2.45, 2.75) is 38.4 Å². The van der Waals surface area contributed by atoms with E-state index in [0.717, 1.165) is 6.42 Å². The van der Waals surface area contributed by atoms with Crippen molar-refractivity contribution in [1.82, 2.24) is 0 Å². The van der Waals surface area contributed by atoms with Crippen LogP contribution in [0.25, 0.3) is 0 Å². The molecule has 2 bridgehead atoms. The van der Waals surface area contributed by atoms with Crippen molar-refractivity contribution >= 4 is 33.3 Å². The van der Waals surface area contributed by atoms with Gasteiger partial charge in [0.25, 0.3) is 0 Å². The molecule has 0 unspecified atom stereocenters. The van der Waals surface area contributed by atoms with Crippen molar-refractivity contribution in [2.24, 2.45) is 16.2 Å². The third-order valence-corrected chi connectivity index (χ3v) is 7.95. The van der Waals surface area contributed by atoms with Crippen LogP contribution in [0, 0.1) is 16.2 Å². The van der Waals surface area contributed by atoms with Crippen molar-refractivity contribution in [1.29, 1.82) is 0 Å². The number of nitrogens with one attached hydrogen (secondary N) is 1. The lowest BCUT2D eigenvalue weighted by Crippen LogP contribution is -2.47. The number of ketones is 1. The van der Waals surface area contributed by atoms with Crippen LogP contribution in [0.4, 0.5) is 5.69 Å². The smallest absolute Gasteiger partial charge is 0.232 e. The SMILES string of the molecule is CC1(C)[C@]2(C(=O)Nc3ccc4c(c3)OCO4)CC[C@]1(C)C(=O)[C@@H]2Br. The standard InChI is InChI=1S/C18H20BrNO4/c1-16(2)17(3)6-7-18(16,13(19)14(17)21)15(22)20-10-4-5-11-12(8-10)24-9-23-11/h4-5,8,13H,6-7,9H2,1-3H3,(H,20,22)/t13-,17+,18+/m0/s1. The molecule has 1 aliphatic heterocycles. The first kappa shape index (κ1) is 15.9. The Bertz CT molecular complexity index is 761. The van der Waals surface area contributed by atoms with Gasteiger partial charge >= 0.3 is 0 Å². The molecular formula is C18H20BrNO4. The number of carbonyl (C=O) groups excluding carboxylic acids is 2. The molecule has 4 rings (SSSR count). The molecule has 1 N–H and O–H groups in total. The summed E-state index contributed by atoms with van der Waals surface area (Å²) in [6.07, 6.45) is 1.45. The average molecular weight is 394 g/mol. The lowest BCUT2D eigenvalue weighted by atomic mass is 9.64. The number of amides is 1. The first-order chi connectivity index (χ1) is 11.2. The van der Waals surface area contributed by atoms with Gasteiger partial charge in [0, 0.05) is 17.2 Å². The summed E-state index contributed by atoms with van der Waals surface area (Å²) in [5, 5.41) is 3.00. The van der Waals surface area contributed by atoms with E-state index < -0.39 is 21.1 Å². The van der Waals surface area contributed by atoms with Crippen molar-refractivity contribution in [3.63, 3.8) is 0 Å². The number of hydrogen-bond donors (Lipinski definition) is 1. The third kappa shape index (κ3) is 1.65. The van der Waals surface area contributed by atoms with E-state index in [-0.39, 0.29) is 18.5 Å². The van der Waals surface area contributed by atoms with E-state index in [4.69, 9.17) is 9.47 Å². The molecule has 1 heterocycles. The van der Waals surface area contributed by atoms with Crippen LogP contribution < -0.4 is 14.8 Å². The van der Waals surface area contributed by atoms with E-state index in [0.29, 0.717) is 23.6 Å². The maximum Gasteiger partial charge on any atom is 0.232 e. The van der Waals surface area contributed by atoms with Crippen LogP contribution in [0.5, 0.6) is 11.5 Å². The fourth-order valence-electron chi connectivity index (χ4n) is 4.67. The van der Waals surface area contributed by atoms with Crippen molar-refractivity contribution in [3.8, 4) is 11.5 Å². The number of Topliss-reactive ketones (excluding diaryl/α,β-unsaturated/α-hetero) is 1. The quantitative estimate of drug-likeness (QED) is 0.780. The summed E-state index contributed by atoms with van der Waals surface area (Å²) in [6, 6.07) is 5.34. The molecule has 0 saturated heterocycles. The van der Waals surface area contributed by atoms with E-state index in [9.17, 15) is 9.59 Å². The largest absolute Gasteiger partial charge is 0.454 e. The average Bonchev–Trinajstić information content (AvgIpc) is 3.10. The second kappa shape index (κ2) is 4.75. The van der Waals surface area contributed by atoms with E-state index in [1.165, 1.54) is 0 Å². The van der Waals surface area contributed by atoms with Crippen molar-refractivity contribution in [2.75, 3.05) is 12.1 Å². The Hall–Kier alpha value is -1.56. The van der Waals surface area contributed by atoms with E-state index in [1.807, 2.05) is 20.8 Å². The lowest BCUT2D eigenvalue weighted by molar-refractivity contribution is -0.130. The summed E-state index contributed by atoms with van der Waals surface area (Å²) in [7, 11) is 0. The topological polar surface area (TPSA) is 64.6 Å². The Morgan fingerprint density at radius 1 is 1.21 bits per heavy atom. The van der Waals surface area contributed by atoms with Crippen LogP contribution in [0.1, 0.15) is 33.6 Å². The van der Waals surface area contributed by atoms with Gasteiger partial charge in [0.05, 0.1) is 10.2 Å². The van der Waals surface area contributed by atoms with Gasteiger partial charge in [-0.25, -0.2) is 0 Å². The minimum Gasteiger partial charge on any atom is -0.454 e. The maximum absolute atomic E-state index is 13.2. The maximum atomic E-state index is 13.2. The molecular weight excluding hydrogens is 374 g/mol. The second-order valence-corrected chi connectivity index (χ2v) is 8.59. The molecule has 0 spiro atoms. The van der Waals surface area contributed by atoms with Crippen LogP contribution in [-0.2, 0) is 9.59 Å². The van der Waals surface area contributed by atoms with Crippen molar-refractivity contribution < 1.29 is 19.1 Å². The summed E-state index contributed by atoms with van der Waals surface area (Å²) in [6.45, 7) is 6.27. The number of fused-ring (bicyclic) bond motifs is 3. The van der Waals surface area contributed by atoms with Crippen LogP contribution in [0.15, 0.2) is 18.2 Å². The summed E-state index contributed by atoms with van der Waals surface area (Å²) in [4.78, 5) is 25.5. The highest BCUT2D eigenvalue weighted by Gasteiger charge is 2.76. The predicted octanol–water partition coefficient (Wildman–Crippen LogP) is 3.51. The van der Waals surface area contributed by atoms with Gasteiger partial charge < -0.3 is 14.8 Å². The molecule has 128 valence electrons. The van der Waals surface area contributed by atoms with Crippen LogP contribution in [0.2, 0.25) is 0 Å². The minimum atomic E-state index is -0.741. The minimum absolute atomic E-state index is 0.109. The third-order valence-electron chi connectivity index (χ3n) is 6.76. The van der Waals surface area contributed by atoms with Crippen LogP contribution >= 0.6 is 15.9 Å². The zero-order valence-electron chi connectivity index (χ0n) is 13.9. The molecule has 5 nitrogen and oxygen atoms in total. The number of benzene rings is 1. The van der Waals surface area contributed by atoms with Gasteiger partial charge in [-0.05, 0) is 30.4 Å². The summed E-state index contributed by atoms with van der Waals surface area (Å²) in [5.74, 6) is 1.33. The molecule has 1 amide bonds. The Balaban J connectivity index is 1.68. The highest BCUT2D eigenvalue weighted by molar-refractivity contribution is 9.10. The predicted molar refractivity (Wildman–Crippen MR) is 92.5 cm³/mol. The molecule has 2 saturated carbocycles. The molecule has 1 aromatic carbocycles. The van der Waals surface area contributed by atoms with Gasteiger partial charge in [-0.15, -0.1) is 0 Å². The Kier molecular flexibility index (Phi) is 3.15. The first-order valence-corrected chi connectivity index (χ1v) is 9.05. The highest BCUT2D eigenvalue weighted by atomic mass is 79.9. The molecule has 3 atom stereocenters. The molecule has 0 radical (unpaired) electrons. The number of alkyl halides is 1. The molecule has 6 heteroatoms. The summed E-state index contributed by atoms with van der Waals surface area (Å²) in [5.41, 5.74) is -0.962. The van der Waals surface area contributed by atoms with E-state index in [1.54, 1.807) is 18.2 Å². The van der Waals surface area contributed by atoms with Crippen LogP contribution in [0.3, 0.4) is 0 Å². The normalized spacial score (nSPS) is 35.3.